The van der Waals surface area contributed by atoms with E-state index in [1.807, 2.05) is 24.3 Å². The van der Waals surface area contributed by atoms with Crippen LogP contribution in [0.3, 0.4) is 0 Å². The van der Waals surface area contributed by atoms with Gasteiger partial charge in [-0.3, -0.25) is 4.79 Å². The molecule has 0 saturated heterocycles. The number of benzene rings is 1. The Labute approximate surface area is 149 Å². The van der Waals surface area contributed by atoms with Gasteiger partial charge in [-0.15, -0.1) is 12.4 Å². The van der Waals surface area contributed by atoms with Crippen LogP contribution in [0.4, 0.5) is 0 Å². The molecule has 2 aliphatic carbocycles. The molecule has 4 unspecified atom stereocenters. The van der Waals surface area contributed by atoms with Crippen LogP contribution in [0.5, 0.6) is 0 Å². The molecule has 1 aromatic rings. The molecule has 0 radical (unpaired) electrons. The van der Waals surface area contributed by atoms with E-state index in [1.165, 1.54) is 6.42 Å². The largest absolute Gasteiger partial charge is 0.355 e. The second-order valence-corrected chi connectivity index (χ2v) is 7.93. The van der Waals surface area contributed by atoms with Crippen LogP contribution in [0.1, 0.15) is 38.7 Å². The second-order valence-electron chi connectivity index (χ2n) is 7.52. The zero-order chi connectivity index (χ0) is 15.9. The van der Waals surface area contributed by atoms with Crippen LogP contribution in [0.25, 0.3) is 0 Å². The summed E-state index contributed by atoms with van der Waals surface area (Å²) in [5.41, 5.74) is 7.12. The van der Waals surface area contributed by atoms with E-state index in [2.05, 4.69) is 19.2 Å². The predicted octanol–water partition coefficient (Wildman–Crippen LogP) is 3.53. The highest BCUT2D eigenvalue weighted by molar-refractivity contribution is 6.31. The van der Waals surface area contributed by atoms with E-state index in [0.717, 1.165) is 23.4 Å². The van der Waals surface area contributed by atoms with E-state index < -0.39 is 0 Å². The van der Waals surface area contributed by atoms with Gasteiger partial charge in [0.15, 0.2) is 0 Å². The summed E-state index contributed by atoms with van der Waals surface area (Å²) >= 11 is 6.29. The van der Waals surface area contributed by atoms with Crippen LogP contribution >= 0.6 is 24.0 Å². The second kappa shape index (κ2) is 7.00. The van der Waals surface area contributed by atoms with Crippen molar-refractivity contribution in [3.63, 3.8) is 0 Å². The Bertz CT molecular complexity index is 574. The molecule has 3 N–H and O–H groups in total. The molecule has 2 fully saturated rings. The molecular weight excluding hydrogens is 331 g/mol. The highest BCUT2D eigenvalue weighted by Crippen LogP contribution is 2.47. The van der Waals surface area contributed by atoms with Gasteiger partial charge in [0.1, 0.15) is 0 Å². The van der Waals surface area contributed by atoms with Crippen LogP contribution in [0.15, 0.2) is 24.3 Å². The van der Waals surface area contributed by atoms with Crippen molar-refractivity contribution in [1.82, 2.24) is 5.32 Å². The Morgan fingerprint density at radius 1 is 1.30 bits per heavy atom. The van der Waals surface area contributed by atoms with Crippen molar-refractivity contribution in [3.05, 3.63) is 34.9 Å². The fourth-order valence-corrected chi connectivity index (χ4v) is 4.65. The average Bonchev–Trinajstić information content (AvgIpc) is 3.06. The van der Waals surface area contributed by atoms with Gasteiger partial charge in [0.2, 0.25) is 5.91 Å². The molecule has 3 rings (SSSR count). The molecule has 4 atom stereocenters. The quantitative estimate of drug-likeness (QED) is 0.866. The summed E-state index contributed by atoms with van der Waals surface area (Å²) in [6.45, 7) is 4.79. The minimum atomic E-state index is -0.199. The molecule has 2 aliphatic rings. The normalized spacial score (nSPS) is 29.2. The molecule has 0 heterocycles. The van der Waals surface area contributed by atoms with E-state index in [-0.39, 0.29) is 35.7 Å². The Kier molecular flexibility index (Phi) is 5.65. The van der Waals surface area contributed by atoms with Crippen molar-refractivity contribution in [2.45, 2.75) is 44.6 Å². The summed E-state index contributed by atoms with van der Waals surface area (Å²) in [6.07, 6.45) is 3.48. The molecule has 2 saturated carbocycles. The van der Waals surface area contributed by atoms with Crippen LogP contribution in [0.2, 0.25) is 5.02 Å². The van der Waals surface area contributed by atoms with Gasteiger partial charge < -0.3 is 11.1 Å². The predicted molar refractivity (Wildman–Crippen MR) is 97.0 cm³/mol. The highest BCUT2D eigenvalue weighted by Gasteiger charge is 2.49. The van der Waals surface area contributed by atoms with Gasteiger partial charge in [0, 0.05) is 23.0 Å². The van der Waals surface area contributed by atoms with Gasteiger partial charge in [0.25, 0.3) is 0 Å². The van der Waals surface area contributed by atoms with E-state index in [9.17, 15) is 4.79 Å². The van der Waals surface area contributed by atoms with Gasteiger partial charge in [-0.2, -0.15) is 0 Å². The number of hydrogen-bond donors (Lipinski definition) is 2. The maximum Gasteiger partial charge on any atom is 0.224 e. The minimum Gasteiger partial charge on any atom is -0.355 e. The van der Waals surface area contributed by atoms with Crippen LogP contribution < -0.4 is 11.1 Å². The summed E-state index contributed by atoms with van der Waals surface area (Å²) in [4.78, 5) is 12.6. The number of nitrogens with two attached hydrogens (primary N) is 1. The van der Waals surface area contributed by atoms with Gasteiger partial charge in [-0.25, -0.2) is 0 Å². The summed E-state index contributed by atoms with van der Waals surface area (Å²) in [5, 5.41) is 3.88. The molecule has 0 aliphatic heterocycles. The van der Waals surface area contributed by atoms with Crippen molar-refractivity contribution < 1.29 is 4.79 Å². The molecule has 3 nitrogen and oxygen atoms in total. The molecule has 1 amide bonds. The van der Waals surface area contributed by atoms with E-state index in [4.69, 9.17) is 17.3 Å². The number of nitrogens with one attached hydrogen (secondary N) is 1. The fourth-order valence-electron chi connectivity index (χ4n) is 4.26. The summed E-state index contributed by atoms with van der Waals surface area (Å²) in [7, 11) is 0. The lowest BCUT2D eigenvalue weighted by Gasteiger charge is -2.30. The zero-order valence-electron chi connectivity index (χ0n) is 13.7. The molecule has 0 spiro atoms. The summed E-state index contributed by atoms with van der Waals surface area (Å²) in [5.74, 6) is 1.17. The number of carbonyl (C=O) groups excluding carboxylic acids is 1. The van der Waals surface area contributed by atoms with Gasteiger partial charge in [-0.05, 0) is 42.7 Å². The summed E-state index contributed by atoms with van der Waals surface area (Å²) < 4.78 is 0. The number of hydrogen-bond acceptors (Lipinski definition) is 2. The van der Waals surface area contributed by atoms with Gasteiger partial charge >= 0.3 is 0 Å². The zero-order valence-corrected chi connectivity index (χ0v) is 15.3. The molecule has 23 heavy (non-hydrogen) atoms. The van der Waals surface area contributed by atoms with Gasteiger partial charge in [-0.1, -0.05) is 43.6 Å². The van der Waals surface area contributed by atoms with Crippen molar-refractivity contribution in [3.8, 4) is 0 Å². The van der Waals surface area contributed by atoms with Crippen LogP contribution in [-0.4, -0.2) is 18.5 Å². The number of carbonyl (C=O) groups is 1. The first-order chi connectivity index (χ1) is 10.4. The Balaban J connectivity index is 0.00000192. The van der Waals surface area contributed by atoms with E-state index >= 15 is 0 Å². The number of fused-ring (bicyclic) bond motifs is 2. The number of rotatable bonds is 4. The van der Waals surface area contributed by atoms with Crippen molar-refractivity contribution in [2.75, 3.05) is 6.54 Å². The topological polar surface area (TPSA) is 55.1 Å². The first kappa shape index (κ1) is 18.6. The monoisotopic (exact) mass is 356 g/mol. The Morgan fingerprint density at radius 3 is 2.57 bits per heavy atom. The lowest BCUT2D eigenvalue weighted by atomic mass is 9.82. The third-order valence-electron chi connectivity index (χ3n) is 5.59. The lowest BCUT2D eigenvalue weighted by molar-refractivity contribution is -0.127. The maximum atomic E-state index is 12.6. The van der Waals surface area contributed by atoms with Crippen LogP contribution in [-0.2, 0) is 10.2 Å². The third-order valence-corrected chi connectivity index (χ3v) is 5.92. The Morgan fingerprint density at radius 2 is 1.96 bits per heavy atom. The number of amides is 1. The van der Waals surface area contributed by atoms with Crippen LogP contribution in [0, 0.1) is 17.8 Å². The summed E-state index contributed by atoms with van der Waals surface area (Å²) in [6, 6.07) is 7.87. The third kappa shape index (κ3) is 3.52. The smallest absolute Gasteiger partial charge is 0.224 e. The molecule has 0 aromatic heterocycles. The standard InChI is InChI=1S/C18H25ClN2O.ClH/c1-18(2,13-5-3-4-6-14(13)19)10-21-17(22)15-11-7-8-12(9-11)16(15)20;/h3-6,11-12,15-16H,7-10,20H2,1-2H3,(H,21,22);1H. The minimum absolute atomic E-state index is 0. The van der Waals surface area contributed by atoms with E-state index in [0.29, 0.717) is 18.4 Å². The highest BCUT2D eigenvalue weighted by atomic mass is 35.5. The first-order valence-electron chi connectivity index (χ1n) is 8.18. The molecular formula is C18H26Cl2N2O. The lowest BCUT2D eigenvalue weighted by Crippen LogP contribution is -2.47. The maximum absolute atomic E-state index is 12.6. The first-order valence-corrected chi connectivity index (χ1v) is 8.56. The van der Waals surface area contributed by atoms with Crippen molar-refractivity contribution in [2.24, 2.45) is 23.5 Å². The molecule has 1 aromatic carbocycles. The molecule has 128 valence electrons. The van der Waals surface area contributed by atoms with Crippen molar-refractivity contribution >= 4 is 29.9 Å². The Hall–Kier alpha value is -0.770. The SMILES string of the molecule is CC(C)(CNC(=O)C1C2CCC(C2)C1N)c1ccccc1Cl.Cl. The molecule has 2 bridgehead atoms. The van der Waals surface area contributed by atoms with E-state index in [1.54, 1.807) is 0 Å². The average molecular weight is 357 g/mol. The molecule has 5 heteroatoms. The number of halogens is 2. The fraction of sp³-hybridized carbons (Fsp3) is 0.611. The van der Waals surface area contributed by atoms with Gasteiger partial charge in [0.05, 0.1) is 5.92 Å². The van der Waals surface area contributed by atoms with Crippen molar-refractivity contribution in [1.29, 1.82) is 0 Å².